The lowest BCUT2D eigenvalue weighted by Gasteiger charge is -2.14. The summed E-state index contributed by atoms with van der Waals surface area (Å²) in [5.41, 5.74) is 3.00. The van der Waals surface area contributed by atoms with Crippen molar-refractivity contribution >= 4 is 12.4 Å². The topological polar surface area (TPSA) is 44.8 Å². The fourth-order valence-electron chi connectivity index (χ4n) is 2.67. The van der Waals surface area contributed by atoms with Crippen molar-refractivity contribution in [2.75, 3.05) is 19.8 Å². The van der Waals surface area contributed by atoms with Crippen molar-refractivity contribution < 1.29 is 19.0 Å². The third-order valence-electron chi connectivity index (χ3n) is 4.05. The van der Waals surface area contributed by atoms with Crippen molar-refractivity contribution in [3.05, 3.63) is 54.1 Å². The van der Waals surface area contributed by atoms with Gasteiger partial charge in [0.15, 0.2) is 0 Å². The minimum absolute atomic E-state index is 0.0663. The second-order valence-corrected chi connectivity index (χ2v) is 6.75. The van der Waals surface area contributed by atoms with E-state index in [4.69, 9.17) is 14.2 Å². The normalized spacial score (nSPS) is 11.1. The Balaban J connectivity index is 2.04. The third-order valence-corrected chi connectivity index (χ3v) is 4.05. The van der Waals surface area contributed by atoms with Crippen LogP contribution in [0.1, 0.15) is 39.2 Å². The smallest absolute Gasteiger partial charge is 0.142 e. The van der Waals surface area contributed by atoms with Crippen molar-refractivity contribution in [1.29, 1.82) is 0 Å². The molecule has 150 valence electrons. The van der Waals surface area contributed by atoms with Crippen LogP contribution in [0.25, 0.3) is 17.2 Å². The predicted octanol–water partition coefficient (Wildman–Crippen LogP) is 5.55. The van der Waals surface area contributed by atoms with Crippen LogP contribution in [0.3, 0.4) is 0 Å². The summed E-state index contributed by atoms with van der Waals surface area (Å²) < 4.78 is 17.1. The SMILES string of the molecule is CCCCOCCOc1ccc(-c2ccc(OC(C)C)c(/C=C/C=O)c2)cc1. The summed E-state index contributed by atoms with van der Waals surface area (Å²) in [5.74, 6) is 1.59. The maximum Gasteiger partial charge on any atom is 0.142 e. The van der Waals surface area contributed by atoms with E-state index in [0.717, 1.165) is 53.9 Å². The fourth-order valence-corrected chi connectivity index (χ4v) is 2.67. The summed E-state index contributed by atoms with van der Waals surface area (Å²) in [4.78, 5) is 10.7. The average Bonchev–Trinajstić information content (AvgIpc) is 2.70. The standard InChI is InChI=1S/C24H30O4/c1-4-5-15-26-16-17-27-23-11-8-20(9-12-23)21-10-13-24(28-19(2)3)22(18-21)7-6-14-25/h6-14,18-19H,4-5,15-17H2,1-3H3/b7-6+. The van der Waals surface area contributed by atoms with Gasteiger partial charge in [-0.2, -0.15) is 0 Å². The second-order valence-electron chi connectivity index (χ2n) is 6.75. The van der Waals surface area contributed by atoms with E-state index in [0.29, 0.717) is 13.2 Å². The molecular formula is C24H30O4. The van der Waals surface area contributed by atoms with Crippen molar-refractivity contribution in [1.82, 2.24) is 0 Å². The molecule has 0 saturated carbocycles. The Kier molecular flexibility index (Phi) is 9.29. The average molecular weight is 383 g/mol. The molecule has 28 heavy (non-hydrogen) atoms. The zero-order chi connectivity index (χ0) is 20.2. The highest BCUT2D eigenvalue weighted by Crippen LogP contribution is 2.29. The molecule has 0 spiro atoms. The van der Waals surface area contributed by atoms with Crippen molar-refractivity contribution in [2.24, 2.45) is 0 Å². The molecular weight excluding hydrogens is 352 g/mol. The van der Waals surface area contributed by atoms with Gasteiger partial charge in [-0.25, -0.2) is 0 Å². The van der Waals surface area contributed by atoms with Gasteiger partial charge in [0.05, 0.1) is 12.7 Å². The summed E-state index contributed by atoms with van der Waals surface area (Å²) in [5, 5.41) is 0. The Hall–Kier alpha value is -2.59. The van der Waals surface area contributed by atoms with E-state index in [1.54, 1.807) is 6.08 Å². The number of unbranched alkanes of at least 4 members (excludes halogenated alkanes) is 1. The van der Waals surface area contributed by atoms with E-state index < -0.39 is 0 Å². The van der Waals surface area contributed by atoms with Gasteiger partial charge in [-0.1, -0.05) is 31.5 Å². The Morgan fingerprint density at radius 3 is 2.39 bits per heavy atom. The molecule has 0 unspecified atom stereocenters. The van der Waals surface area contributed by atoms with Gasteiger partial charge in [-0.3, -0.25) is 4.79 Å². The number of hydrogen-bond acceptors (Lipinski definition) is 4. The zero-order valence-corrected chi connectivity index (χ0v) is 17.0. The van der Waals surface area contributed by atoms with Crippen LogP contribution in [0, 0.1) is 0 Å². The Morgan fingerprint density at radius 1 is 0.964 bits per heavy atom. The number of carbonyl (C=O) groups excluding carboxylic acids is 1. The molecule has 4 nitrogen and oxygen atoms in total. The molecule has 4 heteroatoms. The molecule has 0 heterocycles. The Bertz CT molecular complexity index is 748. The molecule has 0 aromatic heterocycles. The van der Waals surface area contributed by atoms with Crippen molar-refractivity contribution in [3.8, 4) is 22.6 Å². The quantitative estimate of drug-likeness (QED) is 0.274. The van der Waals surface area contributed by atoms with Crippen molar-refractivity contribution in [3.63, 3.8) is 0 Å². The van der Waals surface area contributed by atoms with Gasteiger partial charge in [0.1, 0.15) is 24.4 Å². The number of ether oxygens (including phenoxy) is 3. The van der Waals surface area contributed by atoms with Gasteiger partial charge in [-0.05, 0) is 67.8 Å². The highest BCUT2D eigenvalue weighted by atomic mass is 16.5. The number of carbonyl (C=O) groups is 1. The first-order chi connectivity index (χ1) is 13.6. The second kappa shape index (κ2) is 12.0. The monoisotopic (exact) mass is 382 g/mol. The van der Waals surface area contributed by atoms with Crippen LogP contribution >= 0.6 is 0 Å². The first-order valence-electron chi connectivity index (χ1n) is 9.87. The van der Waals surface area contributed by atoms with Crippen LogP contribution < -0.4 is 9.47 Å². The molecule has 0 aliphatic heterocycles. The molecule has 0 aliphatic rings. The number of aldehydes is 1. The molecule has 2 rings (SSSR count). The number of hydrogen-bond donors (Lipinski definition) is 0. The molecule has 0 amide bonds. The fraction of sp³-hybridized carbons (Fsp3) is 0.375. The first-order valence-corrected chi connectivity index (χ1v) is 9.87. The lowest BCUT2D eigenvalue weighted by atomic mass is 10.0. The summed E-state index contributed by atoms with van der Waals surface area (Å²) in [6, 6.07) is 14.0. The van der Waals surface area contributed by atoms with Crippen LogP contribution in [0.15, 0.2) is 48.5 Å². The summed E-state index contributed by atoms with van der Waals surface area (Å²) >= 11 is 0. The highest BCUT2D eigenvalue weighted by molar-refractivity contribution is 5.78. The number of allylic oxidation sites excluding steroid dienone is 1. The molecule has 0 fully saturated rings. The molecule has 0 atom stereocenters. The van der Waals surface area contributed by atoms with Crippen LogP contribution in [-0.2, 0) is 9.53 Å². The molecule has 0 aliphatic carbocycles. The lowest BCUT2D eigenvalue weighted by Crippen LogP contribution is -2.07. The lowest BCUT2D eigenvalue weighted by molar-refractivity contribution is -0.104. The van der Waals surface area contributed by atoms with E-state index in [2.05, 4.69) is 6.92 Å². The van der Waals surface area contributed by atoms with Crippen molar-refractivity contribution in [2.45, 2.75) is 39.7 Å². The first kappa shape index (κ1) is 21.7. The Labute approximate surface area is 168 Å². The van der Waals surface area contributed by atoms with Gasteiger partial charge in [0.25, 0.3) is 0 Å². The van der Waals surface area contributed by atoms with Gasteiger partial charge >= 0.3 is 0 Å². The van der Waals surface area contributed by atoms with Gasteiger partial charge in [0.2, 0.25) is 0 Å². The molecule has 2 aromatic carbocycles. The minimum atomic E-state index is 0.0663. The number of rotatable bonds is 12. The zero-order valence-electron chi connectivity index (χ0n) is 17.0. The Morgan fingerprint density at radius 2 is 1.71 bits per heavy atom. The van der Waals surface area contributed by atoms with E-state index in [-0.39, 0.29) is 6.10 Å². The number of benzene rings is 2. The molecule has 0 radical (unpaired) electrons. The molecule has 0 saturated heterocycles. The van der Waals surface area contributed by atoms with E-state index in [1.165, 1.54) is 6.08 Å². The van der Waals surface area contributed by atoms with E-state index >= 15 is 0 Å². The minimum Gasteiger partial charge on any atom is -0.491 e. The van der Waals surface area contributed by atoms with Crippen LogP contribution in [-0.4, -0.2) is 32.2 Å². The van der Waals surface area contributed by atoms with Crippen LogP contribution in [0.5, 0.6) is 11.5 Å². The molecule has 2 aromatic rings. The summed E-state index contributed by atoms with van der Waals surface area (Å²) in [6.45, 7) is 8.05. The maximum atomic E-state index is 10.7. The summed E-state index contributed by atoms with van der Waals surface area (Å²) in [7, 11) is 0. The third kappa shape index (κ3) is 7.20. The van der Waals surface area contributed by atoms with Crippen LogP contribution in [0.2, 0.25) is 0 Å². The van der Waals surface area contributed by atoms with Gasteiger partial charge in [-0.15, -0.1) is 0 Å². The van der Waals surface area contributed by atoms with Gasteiger partial charge < -0.3 is 14.2 Å². The molecule has 0 bridgehead atoms. The largest absolute Gasteiger partial charge is 0.491 e. The highest BCUT2D eigenvalue weighted by Gasteiger charge is 2.07. The van der Waals surface area contributed by atoms with E-state index in [9.17, 15) is 4.79 Å². The molecule has 0 N–H and O–H groups in total. The maximum absolute atomic E-state index is 10.7. The predicted molar refractivity (Wildman–Crippen MR) is 114 cm³/mol. The van der Waals surface area contributed by atoms with Crippen LogP contribution in [0.4, 0.5) is 0 Å². The summed E-state index contributed by atoms with van der Waals surface area (Å²) in [6.07, 6.45) is 6.30. The van der Waals surface area contributed by atoms with E-state index in [1.807, 2.05) is 56.3 Å². The van der Waals surface area contributed by atoms with Gasteiger partial charge in [0, 0.05) is 12.2 Å².